The molecule has 1 fully saturated rings. The van der Waals surface area contributed by atoms with Gasteiger partial charge in [-0.05, 0) is 36.2 Å². The minimum Gasteiger partial charge on any atom is -0.367 e. The van der Waals surface area contributed by atoms with Gasteiger partial charge in [-0.15, -0.1) is 10.2 Å². The van der Waals surface area contributed by atoms with E-state index in [1.54, 1.807) is 22.7 Å². The quantitative estimate of drug-likeness (QED) is 0.848. The minimum atomic E-state index is 0.143. The van der Waals surface area contributed by atoms with Crippen LogP contribution in [0.4, 0.5) is 5.13 Å². The largest absolute Gasteiger partial charge is 0.367 e. The van der Waals surface area contributed by atoms with Crippen LogP contribution in [0.3, 0.4) is 0 Å². The SMILES string of the molecule is Cc1nnc(N2CC(C)OC(c3ccsc3)C2)s1. The first-order valence-electron chi connectivity index (χ1n) is 5.95. The highest BCUT2D eigenvalue weighted by atomic mass is 32.1. The fraction of sp³-hybridized carbons (Fsp3) is 0.500. The smallest absolute Gasteiger partial charge is 0.208 e. The molecule has 18 heavy (non-hydrogen) atoms. The standard InChI is InChI=1S/C12H15N3OS2/c1-8-5-15(12-14-13-9(2)18-12)6-11(16-8)10-3-4-17-7-10/h3-4,7-8,11H,5-6H2,1-2H3. The van der Waals surface area contributed by atoms with Crippen LogP contribution in [0, 0.1) is 6.92 Å². The molecule has 1 aliphatic heterocycles. The van der Waals surface area contributed by atoms with Crippen molar-refractivity contribution >= 4 is 27.8 Å². The molecule has 0 aromatic carbocycles. The normalized spacial score (nSPS) is 24.4. The monoisotopic (exact) mass is 281 g/mol. The molecular weight excluding hydrogens is 266 g/mol. The highest BCUT2D eigenvalue weighted by Crippen LogP contribution is 2.30. The summed E-state index contributed by atoms with van der Waals surface area (Å²) in [6.45, 7) is 5.84. The summed E-state index contributed by atoms with van der Waals surface area (Å²) in [5, 5.41) is 14.6. The van der Waals surface area contributed by atoms with Crippen LogP contribution < -0.4 is 4.90 Å². The molecule has 4 nitrogen and oxygen atoms in total. The lowest BCUT2D eigenvalue weighted by molar-refractivity contribution is -0.0172. The molecule has 0 bridgehead atoms. The van der Waals surface area contributed by atoms with Gasteiger partial charge in [0.05, 0.1) is 12.6 Å². The van der Waals surface area contributed by atoms with Crippen LogP contribution in [-0.4, -0.2) is 29.4 Å². The first-order chi connectivity index (χ1) is 8.72. The number of rotatable bonds is 2. The third kappa shape index (κ3) is 2.41. The molecule has 2 unspecified atom stereocenters. The summed E-state index contributed by atoms with van der Waals surface area (Å²) in [4.78, 5) is 2.28. The summed E-state index contributed by atoms with van der Waals surface area (Å²) in [5.41, 5.74) is 1.26. The van der Waals surface area contributed by atoms with E-state index in [-0.39, 0.29) is 12.2 Å². The topological polar surface area (TPSA) is 38.2 Å². The summed E-state index contributed by atoms with van der Waals surface area (Å²) in [6, 6.07) is 2.14. The molecule has 2 aromatic heterocycles. The first kappa shape index (κ1) is 12.1. The Morgan fingerprint density at radius 1 is 1.39 bits per heavy atom. The summed E-state index contributed by atoms with van der Waals surface area (Å²) < 4.78 is 6.01. The van der Waals surface area contributed by atoms with E-state index >= 15 is 0 Å². The van der Waals surface area contributed by atoms with E-state index < -0.39 is 0 Å². The van der Waals surface area contributed by atoms with E-state index in [0.29, 0.717) is 0 Å². The number of thiophene rings is 1. The maximum atomic E-state index is 6.01. The van der Waals surface area contributed by atoms with Crippen LogP contribution in [0.2, 0.25) is 0 Å². The van der Waals surface area contributed by atoms with Crippen molar-refractivity contribution < 1.29 is 4.74 Å². The Labute approximate surface area is 114 Å². The van der Waals surface area contributed by atoms with Gasteiger partial charge in [0.1, 0.15) is 11.1 Å². The minimum absolute atomic E-state index is 0.143. The number of nitrogens with zero attached hydrogens (tertiary/aromatic N) is 3. The lowest BCUT2D eigenvalue weighted by Crippen LogP contribution is -2.42. The third-order valence-electron chi connectivity index (χ3n) is 2.96. The zero-order valence-electron chi connectivity index (χ0n) is 10.4. The van der Waals surface area contributed by atoms with Crippen LogP contribution in [0.25, 0.3) is 0 Å². The van der Waals surface area contributed by atoms with Crippen molar-refractivity contribution in [1.82, 2.24) is 10.2 Å². The van der Waals surface area contributed by atoms with Crippen molar-refractivity contribution in [2.45, 2.75) is 26.1 Å². The van der Waals surface area contributed by atoms with Crippen LogP contribution in [-0.2, 0) is 4.74 Å². The van der Waals surface area contributed by atoms with E-state index in [1.165, 1.54) is 5.56 Å². The Bertz CT molecular complexity index is 511. The van der Waals surface area contributed by atoms with Crippen LogP contribution in [0.15, 0.2) is 16.8 Å². The molecule has 6 heteroatoms. The Balaban J connectivity index is 1.80. The average Bonchev–Trinajstić information content (AvgIpc) is 2.98. The molecule has 3 rings (SSSR count). The zero-order valence-corrected chi connectivity index (χ0v) is 12.0. The fourth-order valence-corrected chi connectivity index (χ4v) is 3.57. The van der Waals surface area contributed by atoms with Crippen molar-refractivity contribution in [3.8, 4) is 0 Å². The van der Waals surface area contributed by atoms with Gasteiger partial charge in [0.15, 0.2) is 0 Å². The Morgan fingerprint density at radius 2 is 2.28 bits per heavy atom. The van der Waals surface area contributed by atoms with Crippen molar-refractivity contribution in [3.63, 3.8) is 0 Å². The third-order valence-corrected chi connectivity index (χ3v) is 4.56. The van der Waals surface area contributed by atoms with Gasteiger partial charge in [-0.25, -0.2) is 0 Å². The Kier molecular flexibility index (Phi) is 3.32. The van der Waals surface area contributed by atoms with Gasteiger partial charge < -0.3 is 9.64 Å². The molecule has 2 aromatic rings. The summed E-state index contributed by atoms with van der Waals surface area (Å²) in [6.07, 6.45) is 0.358. The van der Waals surface area contributed by atoms with Gasteiger partial charge in [0.2, 0.25) is 5.13 Å². The molecule has 2 atom stereocenters. The van der Waals surface area contributed by atoms with Gasteiger partial charge in [-0.2, -0.15) is 11.3 Å². The second-order valence-electron chi connectivity index (χ2n) is 4.50. The predicted octanol–water partition coefficient (Wildman–Crippen LogP) is 2.87. The lowest BCUT2D eigenvalue weighted by Gasteiger charge is -2.36. The van der Waals surface area contributed by atoms with Gasteiger partial charge in [-0.3, -0.25) is 0 Å². The number of aromatic nitrogens is 2. The maximum absolute atomic E-state index is 6.01. The number of morpholine rings is 1. The molecule has 0 radical (unpaired) electrons. The molecule has 1 saturated heterocycles. The Hall–Kier alpha value is -0.980. The number of aryl methyl sites for hydroxylation is 1. The average molecular weight is 281 g/mol. The second kappa shape index (κ2) is 4.95. The highest BCUT2D eigenvalue weighted by Gasteiger charge is 2.28. The number of hydrogen-bond donors (Lipinski definition) is 0. The van der Waals surface area contributed by atoms with Crippen LogP contribution in [0.5, 0.6) is 0 Å². The lowest BCUT2D eigenvalue weighted by atomic mass is 10.1. The molecular formula is C12H15N3OS2. The van der Waals surface area contributed by atoms with E-state index in [4.69, 9.17) is 4.74 Å². The summed E-state index contributed by atoms with van der Waals surface area (Å²) in [7, 11) is 0. The molecule has 1 aliphatic rings. The van der Waals surface area contributed by atoms with Gasteiger partial charge >= 0.3 is 0 Å². The molecule has 0 N–H and O–H groups in total. The maximum Gasteiger partial charge on any atom is 0.208 e. The van der Waals surface area contributed by atoms with Crippen LogP contribution >= 0.6 is 22.7 Å². The molecule has 3 heterocycles. The van der Waals surface area contributed by atoms with E-state index in [2.05, 4.69) is 38.8 Å². The van der Waals surface area contributed by atoms with Gasteiger partial charge in [-0.1, -0.05) is 11.3 Å². The van der Waals surface area contributed by atoms with E-state index in [9.17, 15) is 0 Å². The Morgan fingerprint density at radius 3 is 2.94 bits per heavy atom. The number of ether oxygens (including phenoxy) is 1. The highest BCUT2D eigenvalue weighted by molar-refractivity contribution is 7.15. The van der Waals surface area contributed by atoms with Crippen molar-refractivity contribution in [1.29, 1.82) is 0 Å². The molecule has 0 aliphatic carbocycles. The molecule has 0 amide bonds. The van der Waals surface area contributed by atoms with Crippen molar-refractivity contribution in [2.24, 2.45) is 0 Å². The fourth-order valence-electron chi connectivity index (χ4n) is 2.16. The zero-order chi connectivity index (χ0) is 12.5. The molecule has 0 saturated carbocycles. The van der Waals surface area contributed by atoms with Gasteiger partial charge in [0.25, 0.3) is 0 Å². The van der Waals surface area contributed by atoms with E-state index in [0.717, 1.165) is 23.2 Å². The summed E-state index contributed by atoms with van der Waals surface area (Å²) >= 11 is 3.36. The van der Waals surface area contributed by atoms with Crippen molar-refractivity contribution in [3.05, 3.63) is 27.4 Å². The predicted molar refractivity (Wildman–Crippen MR) is 74.5 cm³/mol. The second-order valence-corrected chi connectivity index (χ2v) is 6.44. The van der Waals surface area contributed by atoms with Crippen molar-refractivity contribution in [2.75, 3.05) is 18.0 Å². The molecule has 96 valence electrons. The van der Waals surface area contributed by atoms with E-state index in [1.807, 2.05) is 6.92 Å². The number of anilines is 1. The first-order valence-corrected chi connectivity index (χ1v) is 7.71. The van der Waals surface area contributed by atoms with Crippen LogP contribution in [0.1, 0.15) is 23.6 Å². The summed E-state index contributed by atoms with van der Waals surface area (Å²) in [5.74, 6) is 0. The molecule has 0 spiro atoms. The number of hydrogen-bond acceptors (Lipinski definition) is 6. The van der Waals surface area contributed by atoms with Gasteiger partial charge in [0, 0.05) is 6.54 Å².